The van der Waals surface area contributed by atoms with Crippen molar-refractivity contribution < 1.29 is 8.78 Å². The summed E-state index contributed by atoms with van der Waals surface area (Å²) in [5.41, 5.74) is 0. The summed E-state index contributed by atoms with van der Waals surface area (Å²) in [5.74, 6) is 5.24. The molecule has 2 saturated heterocycles. The van der Waals surface area contributed by atoms with Gasteiger partial charge >= 0.3 is 0 Å². The van der Waals surface area contributed by atoms with Crippen LogP contribution in [0.15, 0.2) is 0 Å². The van der Waals surface area contributed by atoms with Crippen LogP contribution < -0.4 is 0 Å². The molecule has 0 aliphatic carbocycles. The minimum atomic E-state index is -2.60. The highest BCUT2D eigenvalue weighted by molar-refractivity contribution is 5.07. The maximum atomic E-state index is 14.7. The molecule has 2 atom stereocenters. The Morgan fingerprint density at radius 2 is 1.75 bits per heavy atom. The SMILES string of the molecule is CCC(C)CN1CCC(N2CCC(C#CC(C)C)CC2)C(F)(F)C1. The van der Waals surface area contributed by atoms with Crippen molar-refractivity contribution in [3.05, 3.63) is 0 Å². The van der Waals surface area contributed by atoms with E-state index in [1.807, 2.05) is 9.80 Å². The van der Waals surface area contributed by atoms with Gasteiger partial charge in [-0.2, -0.15) is 0 Å². The molecule has 0 saturated carbocycles. The minimum absolute atomic E-state index is 0.0743. The molecular formula is C20H34F2N2. The average molecular weight is 341 g/mol. The van der Waals surface area contributed by atoms with Crippen LogP contribution in [0.3, 0.4) is 0 Å². The first-order valence-corrected chi connectivity index (χ1v) is 9.67. The van der Waals surface area contributed by atoms with Gasteiger partial charge in [0.2, 0.25) is 0 Å². The zero-order valence-electron chi connectivity index (χ0n) is 15.8. The molecule has 4 heteroatoms. The number of likely N-dealkylation sites (tertiary alicyclic amines) is 2. The number of alkyl halides is 2. The number of halogens is 2. The Hall–Kier alpha value is -0.660. The third kappa shape index (κ3) is 5.43. The van der Waals surface area contributed by atoms with Crippen molar-refractivity contribution in [2.24, 2.45) is 17.8 Å². The van der Waals surface area contributed by atoms with Gasteiger partial charge < -0.3 is 0 Å². The largest absolute Gasteiger partial charge is 0.297 e. The molecule has 0 amide bonds. The van der Waals surface area contributed by atoms with Gasteiger partial charge in [-0.3, -0.25) is 9.80 Å². The fraction of sp³-hybridized carbons (Fsp3) is 0.900. The van der Waals surface area contributed by atoms with Gasteiger partial charge in [0.25, 0.3) is 5.92 Å². The van der Waals surface area contributed by atoms with Crippen LogP contribution in [0.1, 0.15) is 53.4 Å². The van der Waals surface area contributed by atoms with Gasteiger partial charge in [-0.25, -0.2) is 8.78 Å². The Morgan fingerprint density at radius 3 is 2.29 bits per heavy atom. The molecule has 0 aromatic rings. The normalized spacial score (nSPS) is 27.7. The first-order chi connectivity index (χ1) is 11.3. The Morgan fingerprint density at radius 1 is 1.08 bits per heavy atom. The van der Waals surface area contributed by atoms with E-state index in [0.717, 1.165) is 45.4 Å². The number of hydrogen-bond acceptors (Lipinski definition) is 2. The summed E-state index contributed by atoms with van der Waals surface area (Å²) in [6.07, 6.45) is 3.51. The van der Waals surface area contributed by atoms with Crippen LogP contribution in [0.2, 0.25) is 0 Å². The fourth-order valence-corrected chi connectivity index (χ4v) is 3.81. The molecular weight excluding hydrogens is 306 g/mol. The van der Waals surface area contributed by atoms with Crippen LogP contribution in [0.4, 0.5) is 8.78 Å². The highest BCUT2D eigenvalue weighted by Gasteiger charge is 2.47. The topological polar surface area (TPSA) is 6.48 Å². The summed E-state index contributed by atoms with van der Waals surface area (Å²) in [5, 5.41) is 0. The Kier molecular flexibility index (Phi) is 7.07. The summed E-state index contributed by atoms with van der Waals surface area (Å²) in [7, 11) is 0. The monoisotopic (exact) mass is 340 g/mol. The van der Waals surface area contributed by atoms with Crippen molar-refractivity contribution in [2.45, 2.75) is 65.3 Å². The zero-order chi connectivity index (χ0) is 17.7. The van der Waals surface area contributed by atoms with Crippen molar-refractivity contribution >= 4 is 0 Å². The van der Waals surface area contributed by atoms with Gasteiger partial charge in [0.1, 0.15) is 0 Å². The van der Waals surface area contributed by atoms with Gasteiger partial charge in [-0.15, -0.1) is 5.92 Å². The summed E-state index contributed by atoms with van der Waals surface area (Å²) >= 11 is 0. The number of hydrogen-bond donors (Lipinski definition) is 0. The molecule has 2 fully saturated rings. The predicted molar refractivity (Wildman–Crippen MR) is 96.2 cm³/mol. The van der Waals surface area contributed by atoms with Crippen LogP contribution >= 0.6 is 0 Å². The quantitative estimate of drug-likeness (QED) is 0.711. The highest BCUT2D eigenvalue weighted by atomic mass is 19.3. The average Bonchev–Trinajstić information content (AvgIpc) is 2.52. The molecule has 2 rings (SSSR count). The molecule has 2 nitrogen and oxygen atoms in total. The molecule has 0 aromatic heterocycles. The third-order valence-electron chi connectivity index (χ3n) is 5.45. The van der Waals surface area contributed by atoms with Crippen LogP contribution in [-0.4, -0.2) is 54.5 Å². The molecule has 0 aromatic carbocycles. The maximum absolute atomic E-state index is 14.7. The van der Waals surface area contributed by atoms with Gasteiger partial charge in [0, 0.05) is 24.9 Å². The number of rotatable bonds is 4. The van der Waals surface area contributed by atoms with Gasteiger partial charge in [0.15, 0.2) is 0 Å². The first kappa shape index (κ1) is 19.7. The summed E-state index contributed by atoms with van der Waals surface area (Å²) in [6.45, 7) is 11.5. The van der Waals surface area contributed by atoms with E-state index < -0.39 is 12.0 Å². The van der Waals surface area contributed by atoms with E-state index in [0.29, 0.717) is 24.2 Å². The maximum Gasteiger partial charge on any atom is 0.275 e. The molecule has 0 radical (unpaired) electrons. The van der Waals surface area contributed by atoms with Crippen molar-refractivity contribution in [3.8, 4) is 11.8 Å². The number of nitrogens with zero attached hydrogens (tertiary/aromatic N) is 2. The van der Waals surface area contributed by atoms with E-state index in [2.05, 4.69) is 39.5 Å². The summed E-state index contributed by atoms with van der Waals surface area (Å²) in [4.78, 5) is 4.00. The van der Waals surface area contributed by atoms with Crippen molar-refractivity contribution in [3.63, 3.8) is 0 Å². The Labute approximate surface area is 147 Å². The molecule has 24 heavy (non-hydrogen) atoms. The van der Waals surface area contributed by atoms with Crippen LogP contribution in [0, 0.1) is 29.6 Å². The van der Waals surface area contributed by atoms with Crippen molar-refractivity contribution in [1.29, 1.82) is 0 Å². The second-order valence-electron chi connectivity index (χ2n) is 8.07. The zero-order valence-corrected chi connectivity index (χ0v) is 15.8. The molecule has 0 N–H and O–H groups in total. The molecule has 2 heterocycles. The second-order valence-corrected chi connectivity index (χ2v) is 8.07. The Balaban J connectivity index is 1.87. The molecule has 2 unspecified atom stereocenters. The van der Waals surface area contributed by atoms with Crippen molar-refractivity contribution in [1.82, 2.24) is 9.80 Å². The van der Waals surface area contributed by atoms with Crippen LogP contribution in [0.5, 0.6) is 0 Å². The first-order valence-electron chi connectivity index (χ1n) is 9.67. The Bertz CT molecular complexity index is 444. The second kappa shape index (κ2) is 8.63. The predicted octanol–water partition coefficient (Wildman–Crippen LogP) is 4.11. The third-order valence-corrected chi connectivity index (χ3v) is 5.45. The molecule has 2 aliphatic heterocycles. The lowest BCUT2D eigenvalue weighted by atomic mass is 9.91. The standard InChI is InChI=1S/C20H34F2N2/c1-5-17(4)14-23-11-10-19(20(21,22)15-23)24-12-8-18(9-13-24)7-6-16(2)3/h16-19H,5,8-15H2,1-4H3. The van der Waals surface area contributed by atoms with Crippen molar-refractivity contribution in [2.75, 3.05) is 32.7 Å². The number of piperidine rings is 2. The lowest BCUT2D eigenvalue weighted by Gasteiger charge is -2.45. The van der Waals surface area contributed by atoms with E-state index in [1.165, 1.54) is 0 Å². The molecule has 138 valence electrons. The van der Waals surface area contributed by atoms with Crippen LogP contribution in [-0.2, 0) is 0 Å². The van der Waals surface area contributed by atoms with Gasteiger partial charge in [-0.1, -0.05) is 40.0 Å². The van der Waals surface area contributed by atoms with E-state index in [-0.39, 0.29) is 6.54 Å². The smallest absolute Gasteiger partial charge is 0.275 e. The van der Waals surface area contributed by atoms with E-state index >= 15 is 0 Å². The molecule has 0 bridgehead atoms. The van der Waals surface area contributed by atoms with Gasteiger partial charge in [0.05, 0.1) is 12.6 Å². The molecule has 2 aliphatic rings. The van der Waals surface area contributed by atoms with E-state index in [4.69, 9.17) is 0 Å². The van der Waals surface area contributed by atoms with E-state index in [9.17, 15) is 8.78 Å². The van der Waals surface area contributed by atoms with E-state index in [1.54, 1.807) is 0 Å². The summed E-state index contributed by atoms with van der Waals surface area (Å²) in [6, 6.07) is -0.579. The molecule has 0 spiro atoms. The fourth-order valence-electron chi connectivity index (χ4n) is 3.81. The van der Waals surface area contributed by atoms with Gasteiger partial charge in [-0.05, 0) is 38.3 Å². The lowest BCUT2D eigenvalue weighted by molar-refractivity contribution is -0.132. The minimum Gasteiger partial charge on any atom is -0.297 e. The summed E-state index contributed by atoms with van der Waals surface area (Å²) < 4.78 is 29.4. The highest BCUT2D eigenvalue weighted by Crippen LogP contribution is 2.34. The van der Waals surface area contributed by atoms with Crippen LogP contribution in [0.25, 0.3) is 0 Å². The lowest BCUT2D eigenvalue weighted by Crippen LogP contribution is -2.60.